The Bertz CT molecular complexity index is 573. The number of para-hydroxylation sites is 1. The molecule has 0 radical (unpaired) electrons. The molecule has 1 atom stereocenters. The quantitative estimate of drug-likeness (QED) is 0.587. The van der Waals surface area contributed by atoms with Crippen LogP contribution in [0.5, 0.6) is 0 Å². The lowest BCUT2D eigenvalue weighted by Crippen LogP contribution is -2.17. The van der Waals surface area contributed by atoms with Crippen molar-refractivity contribution in [3.05, 3.63) is 35.5 Å². The highest BCUT2D eigenvalue weighted by molar-refractivity contribution is 6.18. The number of halogens is 1. The van der Waals surface area contributed by atoms with E-state index in [0.29, 0.717) is 11.8 Å². The Balaban J connectivity index is 2.37. The first-order chi connectivity index (χ1) is 8.36. The minimum Gasteiger partial charge on any atom is -0.344 e. The van der Waals surface area contributed by atoms with Crippen molar-refractivity contribution in [2.75, 3.05) is 5.88 Å². The Morgan fingerprint density at radius 2 is 2.24 bits per heavy atom. The zero-order valence-electron chi connectivity index (χ0n) is 9.53. The fraction of sp³-hybridized carbons (Fsp3) is 0.357. The normalized spacial score (nSPS) is 19.2. The van der Waals surface area contributed by atoms with Crippen LogP contribution in [0.4, 0.5) is 0 Å². The Hall–Kier alpha value is -1.28. The molecule has 0 amide bonds. The van der Waals surface area contributed by atoms with Crippen molar-refractivity contribution < 1.29 is 4.79 Å². The maximum absolute atomic E-state index is 11.4. The van der Waals surface area contributed by atoms with Gasteiger partial charge in [0.2, 0.25) is 0 Å². The first-order valence-electron chi connectivity index (χ1n) is 5.99. The summed E-state index contributed by atoms with van der Waals surface area (Å²) >= 11 is 6.04. The van der Waals surface area contributed by atoms with E-state index in [0.717, 1.165) is 42.3 Å². The molecule has 0 bridgehead atoms. The van der Waals surface area contributed by atoms with Crippen LogP contribution >= 0.6 is 11.6 Å². The molecular formula is C14H14ClNO. The standard InChI is InChI=1S/C14H14ClNO/c15-8-10-4-3-7-16-13-6-2-1-5-11(13)12(9-17)14(10)16/h1-2,5-6,9-10H,3-4,7-8H2/t10-/m1/s1. The number of carbonyl (C=O) groups excluding carboxylic acids is 1. The molecule has 0 spiro atoms. The number of benzene rings is 1. The van der Waals surface area contributed by atoms with Crippen molar-refractivity contribution in [2.24, 2.45) is 0 Å². The van der Waals surface area contributed by atoms with E-state index in [4.69, 9.17) is 11.6 Å². The highest BCUT2D eigenvalue weighted by Gasteiger charge is 2.26. The van der Waals surface area contributed by atoms with Gasteiger partial charge in [-0.1, -0.05) is 18.2 Å². The van der Waals surface area contributed by atoms with E-state index in [1.165, 1.54) is 5.52 Å². The van der Waals surface area contributed by atoms with Crippen molar-refractivity contribution in [1.82, 2.24) is 4.57 Å². The summed E-state index contributed by atoms with van der Waals surface area (Å²) < 4.78 is 2.27. The van der Waals surface area contributed by atoms with Crippen LogP contribution in [0.1, 0.15) is 34.8 Å². The number of aldehydes is 1. The van der Waals surface area contributed by atoms with E-state index in [2.05, 4.69) is 10.6 Å². The smallest absolute Gasteiger partial charge is 0.152 e. The topological polar surface area (TPSA) is 22.0 Å². The molecule has 0 saturated heterocycles. The zero-order chi connectivity index (χ0) is 11.8. The lowest BCUT2D eigenvalue weighted by atomic mass is 9.95. The van der Waals surface area contributed by atoms with Gasteiger partial charge in [0, 0.05) is 40.5 Å². The highest BCUT2D eigenvalue weighted by atomic mass is 35.5. The minimum absolute atomic E-state index is 0.318. The van der Waals surface area contributed by atoms with Gasteiger partial charge in [-0.2, -0.15) is 0 Å². The second-order valence-electron chi connectivity index (χ2n) is 4.58. The van der Waals surface area contributed by atoms with E-state index in [9.17, 15) is 4.79 Å². The molecular weight excluding hydrogens is 234 g/mol. The molecule has 0 saturated carbocycles. The number of aromatic nitrogens is 1. The van der Waals surface area contributed by atoms with Gasteiger partial charge in [0.25, 0.3) is 0 Å². The second kappa shape index (κ2) is 4.19. The summed E-state index contributed by atoms with van der Waals surface area (Å²) in [5.41, 5.74) is 3.15. The van der Waals surface area contributed by atoms with Gasteiger partial charge >= 0.3 is 0 Å². The van der Waals surface area contributed by atoms with E-state index in [1.54, 1.807) is 0 Å². The van der Waals surface area contributed by atoms with Crippen LogP contribution in [0.15, 0.2) is 24.3 Å². The molecule has 0 unspecified atom stereocenters. The van der Waals surface area contributed by atoms with Crippen LogP contribution in [0.25, 0.3) is 10.9 Å². The third kappa shape index (κ3) is 1.51. The molecule has 1 aromatic heterocycles. The number of alkyl halides is 1. The molecule has 3 heteroatoms. The lowest BCUT2D eigenvalue weighted by Gasteiger charge is -2.24. The van der Waals surface area contributed by atoms with Crippen LogP contribution in [0, 0.1) is 0 Å². The molecule has 88 valence electrons. The van der Waals surface area contributed by atoms with Crippen LogP contribution in [-0.2, 0) is 6.54 Å². The predicted molar refractivity (Wildman–Crippen MR) is 70.0 cm³/mol. The fourth-order valence-electron chi connectivity index (χ4n) is 2.94. The van der Waals surface area contributed by atoms with E-state index < -0.39 is 0 Å². The van der Waals surface area contributed by atoms with E-state index >= 15 is 0 Å². The summed E-state index contributed by atoms with van der Waals surface area (Å²) in [5.74, 6) is 0.912. The summed E-state index contributed by atoms with van der Waals surface area (Å²) in [6, 6.07) is 8.11. The monoisotopic (exact) mass is 247 g/mol. The van der Waals surface area contributed by atoms with Crippen molar-refractivity contribution in [3.63, 3.8) is 0 Å². The average molecular weight is 248 g/mol. The van der Waals surface area contributed by atoms with Gasteiger partial charge in [-0.3, -0.25) is 4.79 Å². The van der Waals surface area contributed by atoms with Gasteiger partial charge in [0.05, 0.1) is 0 Å². The van der Waals surface area contributed by atoms with E-state index in [1.807, 2.05) is 18.2 Å². The Kier molecular flexibility index (Phi) is 2.67. The number of hydrogen-bond donors (Lipinski definition) is 0. The Morgan fingerprint density at radius 1 is 1.41 bits per heavy atom. The molecule has 0 N–H and O–H groups in total. The van der Waals surface area contributed by atoms with Gasteiger partial charge in [0.15, 0.2) is 6.29 Å². The molecule has 1 aliphatic heterocycles. The molecule has 3 rings (SSSR count). The molecule has 2 nitrogen and oxygen atoms in total. The zero-order valence-corrected chi connectivity index (χ0v) is 10.3. The average Bonchev–Trinajstić information content (AvgIpc) is 2.72. The highest BCUT2D eigenvalue weighted by Crippen LogP contribution is 2.36. The molecule has 17 heavy (non-hydrogen) atoms. The van der Waals surface area contributed by atoms with Gasteiger partial charge in [0.1, 0.15) is 0 Å². The molecule has 2 aromatic rings. The first kappa shape index (κ1) is 10.8. The molecule has 1 aliphatic rings. The van der Waals surface area contributed by atoms with Gasteiger partial charge in [-0.25, -0.2) is 0 Å². The molecule has 0 aliphatic carbocycles. The fourth-order valence-corrected chi connectivity index (χ4v) is 3.24. The largest absolute Gasteiger partial charge is 0.344 e. The molecule has 2 heterocycles. The van der Waals surface area contributed by atoms with Crippen LogP contribution in [0.2, 0.25) is 0 Å². The Labute approximate surface area is 105 Å². The number of hydrogen-bond acceptors (Lipinski definition) is 1. The summed E-state index contributed by atoms with van der Waals surface area (Å²) in [5, 5.41) is 1.06. The molecule has 1 aromatic carbocycles. The number of fused-ring (bicyclic) bond motifs is 3. The summed E-state index contributed by atoms with van der Waals surface area (Å²) in [6.07, 6.45) is 3.21. The summed E-state index contributed by atoms with van der Waals surface area (Å²) in [7, 11) is 0. The lowest BCUT2D eigenvalue weighted by molar-refractivity contribution is 0.112. The third-order valence-corrected chi connectivity index (χ3v) is 4.05. The van der Waals surface area contributed by atoms with Crippen molar-refractivity contribution in [2.45, 2.75) is 25.3 Å². The first-order valence-corrected chi connectivity index (χ1v) is 6.52. The van der Waals surface area contributed by atoms with Crippen molar-refractivity contribution >= 4 is 28.8 Å². The van der Waals surface area contributed by atoms with Crippen molar-refractivity contribution in [1.29, 1.82) is 0 Å². The van der Waals surface area contributed by atoms with Crippen LogP contribution < -0.4 is 0 Å². The van der Waals surface area contributed by atoms with Crippen molar-refractivity contribution in [3.8, 4) is 0 Å². The number of nitrogens with zero attached hydrogens (tertiary/aromatic N) is 1. The third-order valence-electron chi connectivity index (χ3n) is 3.68. The second-order valence-corrected chi connectivity index (χ2v) is 4.89. The summed E-state index contributed by atoms with van der Waals surface area (Å²) in [6.45, 7) is 0.997. The number of aryl methyl sites for hydroxylation is 1. The molecule has 0 fully saturated rings. The maximum Gasteiger partial charge on any atom is 0.152 e. The SMILES string of the molecule is O=Cc1c2n(c3ccccc13)CCC[C@@H]2CCl. The van der Waals surface area contributed by atoms with Gasteiger partial charge in [-0.05, 0) is 18.9 Å². The van der Waals surface area contributed by atoms with Crippen LogP contribution in [0.3, 0.4) is 0 Å². The summed E-state index contributed by atoms with van der Waals surface area (Å²) in [4.78, 5) is 11.4. The van der Waals surface area contributed by atoms with Gasteiger partial charge < -0.3 is 4.57 Å². The van der Waals surface area contributed by atoms with Gasteiger partial charge in [-0.15, -0.1) is 11.6 Å². The predicted octanol–water partition coefficient (Wildman–Crippen LogP) is 3.57. The van der Waals surface area contributed by atoms with Crippen LogP contribution in [-0.4, -0.2) is 16.7 Å². The van der Waals surface area contributed by atoms with E-state index in [-0.39, 0.29) is 0 Å². The number of rotatable bonds is 2. The maximum atomic E-state index is 11.4. The minimum atomic E-state index is 0.318. The number of carbonyl (C=O) groups is 1. The Morgan fingerprint density at radius 3 is 3.00 bits per heavy atom.